The van der Waals surface area contributed by atoms with E-state index in [0.717, 1.165) is 5.56 Å². The molecule has 7 nitrogen and oxygen atoms in total. The van der Waals surface area contributed by atoms with Crippen LogP contribution in [0, 0.1) is 12.8 Å². The zero-order chi connectivity index (χ0) is 24.1. The smallest absolute Gasteiger partial charge is 0.251 e. The maximum absolute atomic E-state index is 12.8. The van der Waals surface area contributed by atoms with E-state index in [2.05, 4.69) is 20.8 Å². The molecule has 0 aliphatic heterocycles. The molecule has 1 heterocycles. The number of hydrogen-bond acceptors (Lipinski definition) is 5. The minimum Gasteiger partial charge on any atom is -0.342 e. The standard InChI is InChI=1S/C23H25Cl2N5O2S/c1-13(2)20(27-22(32)15-7-5-14(3)6-8-15)21-28-29-23(30(21)4)33-12-19(31)26-18-10-9-16(24)11-17(18)25/h5-11,13,20H,12H2,1-4H3,(H,26,31)(H,27,32)/t20-/m0/s1. The molecule has 1 atom stereocenters. The SMILES string of the molecule is Cc1ccc(C(=O)N[C@H](c2nnc(SCC(=O)Nc3ccc(Cl)cc3Cl)n2C)C(C)C)cc1. The molecule has 0 bridgehead atoms. The van der Waals surface area contributed by atoms with Crippen molar-refractivity contribution in [3.63, 3.8) is 0 Å². The summed E-state index contributed by atoms with van der Waals surface area (Å²) in [6.45, 7) is 5.98. The number of thioether (sulfide) groups is 1. The summed E-state index contributed by atoms with van der Waals surface area (Å²) >= 11 is 13.2. The van der Waals surface area contributed by atoms with E-state index in [1.54, 1.807) is 34.9 Å². The van der Waals surface area contributed by atoms with Gasteiger partial charge in [-0.3, -0.25) is 9.59 Å². The van der Waals surface area contributed by atoms with Gasteiger partial charge in [0.2, 0.25) is 5.91 Å². The molecule has 2 amide bonds. The van der Waals surface area contributed by atoms with E-state index in [0.29, 0.717) is 32.3 Å². The maximum atomic E-state index is 12.8. The molecule has 0 saturated carbocycles. The highest BCUT2D eigenvalue weighted by Gasteiger charge is 2.25. The fourth-order valence-electron chi connectivity index (χ4n) is 3.09. The highest BCUT2D eigenvalue weighted by atomic mass is 35.5. The molecule has 3 aromatic rings. The average Bonchev–Trinajstić information content (AvgIpc) is 3.12. The minimum atomic E-state index is -0.340. The molecule has 0 saturated heterocycles. The van der Waals surface area contributed by atoms with Gasteiger partial charge in [0, 0.05) is 17.6 Å². The first kappa shape index (κ1) is 25.1. The first-order valence-corrected chi connectivity index (χ1v) is 12.0. The van der Waals surface area contributed by atoms with Crippen LogP contribution >= 0.6 is 35.0 Å². The molecular weight excluding hydrogens is 481 g/mol. The quantitative estimate of drug-likeness (QED) is 0.406. The van der Waals surface area contributed by atoms with Crippen molar-refractivity contribution in [2.45, 2.75) is 32.0 Å². The number of hydrogen-bond donors (Lipinski definition) is 2. The average molecular weight is 506 g/mol. The Balaban J connectivity index is 1.66. The van der Waals surface area contributed by atoms with Crippen LogP contribution in [0.2, 0.25) is 10.0 Å². The molecule has 0 unspecified atom stereocenters. The third kappa shape index (κ3) is 6.50. The largest absolute Gasteiger partial charge is 0.342 e. The van der Waals surface area contributed by atoms with Crippen LogP contribution in [-0.2, 0) is 11.8 Å². The Morgan fingerprint density at radius 1 is 1.09 bits per heavy atom. The number of benzene rings is 2. The monoisotopic (exact) mass is 505 g/mol. The van der Waals surface area contributed by atoms with Gasteiger partial charge in [-0.2, -0.15) is 0 Å². The lowest BCUT2D eigenvalue weighted by molar-refractivity contribution is -0.113. The van der Waals surface area contributed by atoms with E-state index in [1.165, 1.54) is 11.8 Å². The number of aromatic nitrogens is 3. The summed E-state index contributed by atoms with van der Waals surface area (Å²) in [7, 11) is 1.82. The Kier molecular flexibility index (Phi) is 8.40. The maximum Gasteiger partial charge on any atom is 0.251 e. The molecule has 174 valence electrons. The van der Waals surface area contributed by atoms with Crippen LogP contribution in [0.15, 0.2) is 47.6 Å². The van der Waals surface area contributed by atoms with E-state index in [-0.39, 0.29) is 29.5 Å². The van der Waals surface area contributed by atoms with E-state index >= 15 is 0 Å². The molecule has 2 aromatic carbocycles. The first-order valence-electron chi connectivity index (χ1n) is 10.3. The van der Waals surface area contributed by atoms with Crippen molar-refractivity contribution in [1.82, 2.24) is 20.1 Å². The van der Waals surface area contributed by atoms with Crippen molar-refractivity contribution < 1.29 is 9.59 Å². The fourth-order valence-corrected chi connectivity index (χ4v) is 4.26. The Hall–Kier alpha value is -2.55. The van der Waals surface area contributed by atoms with Gasteiger partial charge in [-0.25, -0.2) is 0 Å². The van der Waals surface area contributed by atoms with Crippen LogP contribution in [0.3, 0.4) is 0 Å². The number of aryl methyl sites for hydroxylation is 1. The summed E-state index contributed by atoms with van der Waals surface area (Å²) in [5, 5.41) is 15.8. The van der Waals surface area contributed by atoms with E-state index in [4.69, 9.17) is 23.2 Å². The molecule has 0 radical (unpaired) electrons. The number of anilines is 1. The van der Waals surface area contributed by atoms with Crippen LogP contribution in [0.4, 0.5) is 5.69 Å². The van der Waals surface area contributed by atoms with Crippen molar-refractivity contribution >= 4 is 52.5 Å². The third-order valence-electron chi connectivity index (χ3n) is 4.95. The second kappa shape index (κ2) is 11.0. The van der Waals surface area contributed by atoms with Crippen molar-refractivity contribution in [2.75, 3.05) is 11.1 Å². The Labute approximate surface area is 207 Å². The van der Waals surface area contributed by atoms with Crippen molar-refractivity contribution in [2.24, 2.45) is 13.0 Å². The fraction of sp³-hybridized carbons (Fsp3) is 0.304. The van der Waals surface area contributed by atoms with Crippen LogP contribution in [0.25, 0.3) is 0 Å². The van der Waals surface area contributed by atoms with Gasteiger partial charge in [0.15, 0.2) is 11.0 Å². The second-order valence-electron chi connectivity index (χ2n) is 7.92. The molecule has 33 heavy (non-hydrogen) atoms. The Bertz CT molecular complexity index is 1150. The predicted molar refractivity (Wildman–Crippen MR) is 133 cm³/mol. The van der Waals surface area contributed by atoms with Gasteiger partial charge >= 0.3 is 0 Å². The summed E-state index contributed by atoms with van der Waals surface area (Å²) in [5.74, 6) is 0.407. The first-order chi connectivity index (χ1) is 15.7. The van der Waals surface area contributed by atoms with Gasteiger partial charge < -0.3 is 15.2 Å². The number of nitrogens with one attached hydrogen (secondary N) is 2. The Morgan fingerprint density at radius 2 is 1.79 bits per heavy atom. The lowest BCUT2D eigenvalue weighted by atomic mass is 10.0. The lowest BCUT2D eigenvalue weighted by Crippen LogP contribution is -2.33. The van der Waals surface area contributed by atoms with E-state index < -0.39 is 0 Å². The lowest BCUT2D eigenvalue weighted by Gasteiger charge is -2.21. The van der Waals surface area contributed by atoms with Gasteiger partial charge in [-0.05, 0) is 43.2 Å². The summed E-state index contributed by atoms with van der Waals surface area (Å²) in [4.78, 5) is 25.1. The summed E-state index contributed by atoms with van der Waals surface area (Å²) in [6, 6.07) is 11.9. The van der Waals surface area contributed by atoms with Crippen LogP contribution in [0.1, 0.15) is 41.6 Å². The van der Waals surface area contributed by atoms with Gasteiger partial charge in [-0.1, -0.05) is 66.5 Å². The van der Waals surface area contributed by atoms with Gasteiger partial charge in [0.1, 0.15) is 0 Å². The third-order valence-corrected chi connectivity index (χ3v) is 6.52. The van der Waals surface area contributed by atoms with Gasteiger partial charge in [0.25, 0.3) is 5.91 Å². The molecule has 10 heteroatoms. The highest BCUT2D eigenvalue weighted by molar-refractivity contribution is 7.99. The number of amides is 2. The number of carbonyl (C=O) groups excluding carboxylic acids is 2. The molecule has 2 N–H and O–H groups in total. The number of nitrogens with zero attached hydrogens (tertiary/aromatic N) is 3. The van der Waals surface area contributed by atoms with Crippen molar-refractivity contribution in [3.05, 3.63) is 69.5 Å². The summed E-state index contributed by atoms with van der Waals surface area (Å²) in [5.41, 5.74) is 2.16. The van der Waals surface area contributed by atoms with Gasteiger partial charge in [-0.15, -0.1) is 10.2 Å². The van der Waals surface area contributed by atoms with Gasteiger partial charge in [0.05, 0.1) is 22.5 Å². The molecule has 3 rings (SSSR count). The number of rotatable bonds is 8. The van der Waals surface area contributed by atoms with Crippen LogP contribution in [0.5, 0.6) is 0 Å². The number of halogens is 2. The highest BCUT2D eigenvalue weighted by Crippen LogP contribution is 2.27. The number of carbonyl (C=O) groups is 2. The Morgan fingerprint density at radius 3 is 2.42 bits per heavy atom. The molecule has 0 aliphatic rings. The van der Waals surface area contributed by atoms with Crippen LogP contribution in [-0.4, -0.2) is 32.3 Å². The zero-order valence-electron chi connectivity index (χ0n) is 18.7. The summed E-state index contributed by atoms with van der Waals surface area (Å²) < 4.78 is 1.80. The molecule has 0 fully saturated rings. The topological polar surface area (TPSA) is 88.9 Å². The second-order valence-corrected chi connectivity index (χ2v) is 9.71. The van der Waals surface area contributed by atoms with Crippen molar-refractivity contribution in [1.29, 1.82) is 0 Å². The molecular formula is C23H25Cl2N5O2S. The molecule has 0 spiro atoms. The minimum absolute atomic E-state index is 0.0792. The van der Waals surface area contributed by atoms with Crippen LogP contribution < -0.4 is 10.6 Å². The molecule has 0 aliphatic carbocycles. The van der Waals surface area contributed by atoms with E-state index in [9.17, 15) is 9.59 Å². The van der Waals surface area contributed by atoms with Crippen molar-refractivity contribution in [3.8, 4) is 0 Å². The zero-order valence-corrected chi connectivity index (χ0v) is 21.1. The summed E-state index contributed by atoms with van der Waals surface area (Å²) in [6.07, 6.45) is 0. The predicted octanol–water partition coefficient (Wildman–Crippen LogP) is 5.29. The van der Waals surface area contributed by atoms with E-state index in [1.807, 2.05) is 40.0 Å². The normalized spacial score (nSPS) is 12.0. The molecule has 1 aromatic heterocycles.